The van der Waals surface area contributed by atoms with Crippen molar-refractivity contribution in [2.45, 2.75) is 39.0 Å². The van der Waals surface area contributed by atoms with E-state index in [0.29, 0.717) is 0 Å². The number of anilines is 1. The van der Waals surface area contributed by atoms with Gasteiger partial charge in [-0.15, -0.1) is 0 Å². The first kappa shape index (κ1) is 20.1. The molecule has 1 aliphatic rings. The van der Waals surface area contributed by atoms with Gasteiger partial charge in [-0.05, 0) is 56.0 Å². The number of pyridine rings is 1. The molecular weight excluding hydrogens is 370 g/mol. The summed E-state index contributed by atoms with van der Waals surface area (Å²) in [6, 6.07) is 12.5. The van der Waals surface area contributed by atoms with Crippen LogP contribution in [0, 0.1) is 18.3 Å². The van der Waals surface area contributed by atoms with Gasteiger partial charge in [-0.2, -0.15) is 0 Å². The molecule has 0 atom stereocenters. The van der Waals surface area contributed by atoms with Gasteiger partial charge in [-0.25, -0.2) is 9.97 Å². The van der Waals surface area contributed by atoms with E-state index >= 15 is 0 Å². The van der Waals surface area contributed by atoms with Crippen molar-refractivity contribution in [1.29, 1.82) is 5.41 Å². The molecule has 1 fully saturated rings. The number of benzene rings is 1. The number of rotatable bonds is 7. The summed E-state index contributed by atoms with van der Waals surface area (Å²) < 4.78 is 0. The fourth-order valence-electron chi connectivity index (χ4n) is 4.14. The molecule has 154 valence electrons. The van der Waals surface area contributed by atoms with Crippen LogP contribution in [0.4, 0.5) is 5.82 Å². The number of H-pyrrole nitrogens is 1. The minimum Gasteiger partial charge on any atom is -0.370 e. The van der Waals surface area contributed by atoms with Crippen LogP contribution in [-0.2, 0) is 0 Å². The lowest BCUT2D eigenvalue weighted by molar-refractivity contribution is 0.373. The van der Waals surface area contributed by atoms with Crippen molar-refractivity contribution in [3.05, 3.63) is 60.1 Å². The maximum atomic E-state index is 7.26. The van der Waals surface area contributed by atoms with Crippen molar-refractivity contribution in [2.24, 2.45) is 5.92 Å². The highest BCUT2D eigenvalue weighted by molar-refractivity contribution is 5.82. The third kappa shape index (κ3) is 4.85. The Labute approximate surface area is 178 Å². The highest BCUT2D eigenvalue weighted by Gasteiger charge is 2.16. The molecular formula is C25H29N5. The number of nitrogens with zero attached hydrogens (tertiary/aromatic N) is 2. The highest BCUT2D eigenvalue weighted by atomic mass is 15.0. The molecule has 1 aromatic carbocycles. The van der Waals surface area contributed by atoms with Crippen molar-refractivity contribution >= 4 is 18.1 Å². The number of imidazole rings is 1. The van der Waals surface area contributed by atoms with Crippen molar-refractivity contribution in [3.63, 3.8) is 0 Å². The fourth-order valence-corrected chi connectivity index (χ4v) is 4.14. The molecule has 2 aromatic heterocycles. The van der Waals surface area contributed by atoms with E-state index in [0.717, 1.165) is 46.6 Å². The van der Waals surface area contributed by atoms with E-state index in [-0.39, 0.29) is 0 Å². The van der Waals surface area contributed by atoms with Gasteiger partial charge in [0.1, 0.15) is 11.6 Å². The maximum Gasteiger partial charge on any atom is 0.131 e. The zero-order valence-corrected chi connectivity index (χ0v) is 17.5. The van der Waals surface area contributed by atoms with Crippen LogP contribution in [-0.4, -0.2) is 27.7 Å². The van der Waals surface area contributed by atoms with Gasteiger partial charge >= 0.3 is 0 Å². The topological polar surface area (TPSA) is 77.5 Å². The van der Waals surface area contributed by atoms with Crippen LogP contribution < -0.4 is 5.32 Å². The van der Waals surface area contributed by atoms with E-state index in [4.69, 9.17) is 10.4 Å². The molecule has 0 saturated heterocycles. The Kier molecular flexibility index (Phi) is 6.38. The third-order valence-electron chi connectivity index (χ3n) is 5.71. The molecule has 3 N–H and O–H groups in total. The molecule has 1 saturated carbocycles. The normalized spacial score (nSPS) is 14.8. The van der Waals surface area contributed by atoms with Gasteiger partial charge in [0.25, 0.3) is 0 Å². The van der Waals surface area contributed by atoms with Crippen LogP contribution >= 0.6 is 0 Å². The summed E-state index contributed by atoms with van der Waals surface area (Å²) in [6.07, 6.45) is 13.3. The quantitative estimate of drug-likeness (QED) is 0.420. The number of aromatic amines is 1. The number of allylic oxidation sites excluding steroid dienone is 1. The third-order valence-corrected chi connectivity index (χ3v) is 5.71. The molecule has 4 rings (SSSR count). The zero-order valence-electron chi connectivity index (χ0n) is 17.5. The summed E-state index contributed by atoms with van der Waals surface area (Å²) in [7, 11) is 0. The molecule has 0 amide bonds. The maximum absolute atomic E-state index is 7.26. The number of hydrogen-bond donors (Lipinski definition) is 3. The minimum atomic E-state index is 0.735. The van der Waals surface area contributed by atoms with Gasteiger partial charge in [-0.1, -0.05) is 43.0 Å². The molecule has 0 radical (unpaired) electrons. The molecule has 0 spiro atoms. The molecule has 30 heavy (non-hydrogen) atoms. The largest absolute Gasteiger partial charge is 0.370 e. The second-order valence-corrected chi connectivity index (χ2v) is 8.06. The second-order valence-electron chi connectivity index (χ2n) is 8.06. The lowest BCUT2D eigenvalue weighted by atomic mass is 9.89. The molecule has 3 aromatic rings. The molecule has 0 aliphatic heterocycles. The highest BCUT2D eigenvalue weighted by Crippen LogP contribution is 2.32. The van der Waals surface area contributed by atoms with Crippen LogP contribution in [0.2, 0.25) is 0 Å². The first-order chi connectivity index (χ1) is 14.7. The van der Waals surface area contributed by atoms with Crippen LogP contribution in [0.15, 0.2) is 48.7 Å². The average Bonchev–Trinajstić information content (AvgIpc) is 3.22. The standard InChI is InChI=1S/C25H29N5/c1-18-7-5-10-20(15-18)24-25(30-22(29-24)11-6-13-26)21-12-14-27-23(16-21)28-17-19-8-3-2-4-9-19/h5-7,10-16,19,26H,2-4,8-9,17H2,1H3,(H,27,28)(H,29,30)/b11-6-,26-13?. The van der Waals surface area contributed by atoms with Crippen molar-refractivity contribution in [1.82, 2.24) is 15.0 Å². The molecule has 2 heterocycles. The van der Waals surface area contributed by atoms with E-state index in [1.165, 1.54) is 43.9 Å². The van der Waals surface area contributed by atoms with E-state index in [9.17, 15) is 0 Å². The van der Waals surface area contributed by atoms with Gasteiger partial charge in [0, 0.05) is 30.1 Å². The molecule has 0 unspecified atom stereocenters. The molecule has 5 heteroatoms. The zero-order chi connectivity index (χ0) is 20.8. The number of aryl methyl sites for hydroxylation is 1. The SMILES string of the molecule is Cc1cccc(-c2nc(/C=C\C=N)[nH]c2-c2ccnc(NCC3CCCCC3)c2)c1. The van der Waals surface area contributed by atoms with Gasteiger partial charge in [0.15, 0.2) is 0 Å². The Bertz CT molecular complexity index is 1030. The summed E-state index contributed by atoms with van der Waals surface area (Å²) in [4.78, 5) is 12.8. The first-order valence-electron chi connectivity index (χ1n) is 10.8. The average molecular weight is 400 g/mol. The van der Waals surface area contributed by atoms with E-state index in [1.54, 1.807) is 6.08 Å². The Morgan fingerprint density at radius 3 is 2.80 bits per heavy atom. The summed E-state index contributed by atoms with van der Waals surface area (Å²) in [5.41, 5.74) is 5.20. The summed E-state index contributed by atoms with van der Waals surface area (Å²) in [5.74, 6) is 2.38. The number of nitrogens with one attached hydrogen (secondary N) is 3. The van der Waals surface area contributed by atoms with Crippen molar-refractivity contribution < 1.29 is 0 Å². The van der Waals surface area contributed by atoms with Gasteiger partial charge in [-0.3, -0.25) is 0 Å². The Hall–Kier alpha value is -3.21. The van der Waals surface area contributed by atoms with Gasteiger partial charge < -0.3 is 15.7 Å². The second kappa shape index (κ2) is 9.53. The Morgan fingerprint density at radius 2 is 2.00 bits per heavy atom. The van der Waals surface area contributed by atoms with Gasteiger partial charge in [0.2, 0.25) is 0 Å². The summed E-state index contributed by atoms with van der Waals surface area (Å²) in [6.45, 7) is 3.07. The van der Waals surface area contributed by atoms with Crippen LogP contribution in [0.3, 0.4) is 0 Å². The molecule has 0 bridgehead atoms. The van der Waals surface area contributed by atoms with Gasteiger partial charge in [0.05, 0.1) is 11.4 Å². The van der Waals surface area contributed by atoms with Crippen molar-refractivity contribution in [3.8, 4) is 22.5 Å². The Balaban J connectivity index is 1.64. The predicted octanol–water partition coefficient (Wildman–Crippen LogP) is 6.10. The summed E-state index contributed by atoms with van der Waals surface area (Å²) >= 11 is 0. The molecule has 1 aliphatic carbocycles. The number of hydrogen-bond acceptors (Lipinski definition) is 4. The van der Waals surface area contributed by atoms with Crippen LogP contribution in [0.1, 0.15) is 43.5 Å². The lowest BCUT2D eigenvalue weighted by Crippen LogP contribution is -2.17. The molecule has 5 nitrogen and oxygen atoms in total. The fraction of sp³-hybridized carbons (Fsp3) is 0.320. The first-order valence-corrected chi connectivity index (χ1v) is 10.8. The summed E-state index contributed by atoms with van der Waals surface area (Å²) in [5, 5.41) is 10.8. The lowest BCUT2D eigenvalue weighted by Gasteiger charge is -2.22. The smallest absolute Gasteiger partial charge is 0.131 e. The van der Waals surface area contributed by atoms with E-state index in [1.807, 2.05) is 18.3 Å². The Morgan fingerprint density at radius 1 is 1.13 bits per heavy atom. The predicted molar refractivity (Wildman–Crippen MR) is 125 cm³/mol. The monoisotopic (exact) mass is 399 g/mol. The van der Waals surface area contributed by atoms with E-state index in [2.05, 4.69) is 52.5 Å². The minimum absolute atomic E-state index is 0.735. The van der Waals surface area contributed by atoms with Crippen LogP contribution in [0.25, 0.3) is 28.6 Å². The van der Waals surface area contributed by atoms with E-state index < -0.39 is 0 Å². The van der Waals surface area contributed by atoms with Crippen LogP contribution in [0.5, 0.6) is 0 Å². The number of aromatic nitrogens is 3. The van der Waals surface area contributed by atoms with Crippen molar-refractivity contribution in [2.75, 3.05) is 11.9 Å².